The first-order chi connectivity index (χ1) is 12.2. The van der Waals surface area contributed by atoms with Gasteiger partial charge in [-0.15, -0.1) is 0 Å². The fraction of sp³-hybridized carbons (Fsp3) is 0.476. The SMILES string of the molecule is CC(NC(=O)NC1CCCC2OCCC12)c1cccc2ccccc12. The molecule has 2 aliphatic rings. The van der Waals surface area contributed by atoms with E-state index in [0.717, 1.165) is 37.9 Å². The molecule has 0 spiro atoms. The Morgan fingerprint density at radius 1 is 1.12 bits per heavy atom. The Kier molecular flexibility index (Phi) is 4.62. The number of ether oxygens (including phenoxy) is 1. The fourth-order valence-corrected chi connectivity index (χ4v) is 4.47. The van der Waals surface area contributed by atoms with Crippen LogP contribution in [0.5, 0.6) is 0 Å². The summed E-state index contributed by atoms with van der Waals surface area (Å²) < 4.78 is 5.80. The van der Waals surface area contributed by atoms with Crippen LogP contribution < -0.4 is 10.6 Å². The lowest BCUT2D eigenvalue weighted by atomic mass is 9.82. The van der Waals surface area contributed by atoms with Crippen LogP contribution in [0.15, 0.2) is 42.5 Å². The maximum atomic E-state index is 12.6. The van der Waals surface area contributed by atoms with E-state index < -0.39 is 0 Å². The highest BCUT2D eigenvalue weighted by atomic mass is 16.5. The Labute approximate surface area is 148 Å². The van der Waals surface area contributed by atoms with Gasteiger partial charge in [-0.05, 0) is 48.9 Å². The quantitative estimate of drug-likeness (QED) is 0.883. The zero-order chi connectivity index (χ0) is 17.2. The summed E-state index contributed by atoms with van der Waals surface area (Å²) in [6, 6.07) is 14.7. The predicted molar refractivity (Wildman–Crippen MR) is 99.5 cm³/mol. The average Bonchev–Trinajstić information content (AvgIpc) is 3.11. The second kappa shape index (κ2) is 7.04. The van der Waals surface area contributed by atoms with Gasteiger partial charge in [0.05, 0.1) is 12.1 Å². The molecule has 4 atom stereocenters. The first-order valence-corrected chi connectivity index (χ1v) is 9.38. The molecule has 4 rings (SSSR count). The molecule has 2 amide bonds. The second-order valence-corrected chi connectivity index (χ2v) is 7.31. The highest BCUT2D eigenvalue weighted by molar-refractivity contribution is 5.86. The van der Waals surface area contributed by atoms with Crippen LogP contribution in [-0.2, 0) is 4.74 Å². The Morgan fingerprint density at radius 2 is 1.96 bits per heavy atom. The predicted octanol–water partition coefficient (Wildman–Crippen LogP) is 4.16. The van der Waals surface area contributed by atoms with E-state index in [1.165, 1.54) is 10.8 Å². The molecule has 1 aliphatic carbocycles. The van der Waals surface area contributed by atoms with E-state index in [4.69, 9.17) is 4.74 Å². The van der Waals surface area contributed by atoms with Gasteiger partial charge >= 0.3 is 6.03 Å². The molecular weight excluding hydrogens is 312 g/mol. The summed E-state index contributed by atoms with van der Waals surface area (Å²) in [6.45, 7) is 2.88. The molecular formula is C21H26N2O2. The van der Waals surface area contributed by atoms with E-state index in [9.17, 15) is 4.79 Å². The van der Waals surface area contributed by atoms with Crippen molar-refractivity contribution in [3.05, 3.63) is 48.0 Å². The van der Waals surface area contributed by atoms with E-state index in [0.29, 0.717) is 12.0 Å². The summed E-state index contributed by atoms with van der Waals surface area (Å²) >= 11 is 0. The Hall–Kier alpha value is -2.07. The molecule has 2 fully saturated rings. The van der Waals surface area contributed by atoms with E-state index in [1.54, 1.807) is 0 Å². The van der Waals surface area contributed by atoms with Crippen LogP contribution in [0, 0.1) is 5.92 Å². The minimum absolute atomic E-state index is 0.0367. The number of nitrogens with one attached hydrogen (secondary N) is 2. The molecule has 2 N–H and O–H groups in total. The summed E-state index contributed by atoms with van der Waals surface area (Å²) in [5.74, 6) is 0.479. The standard InChI is InChI=1S/C21H26N2O2/c1-14(16-9-4-7-15-6-2-3-8-17(15)16)22-21(24)23-19-10-5-11-20-18(19)12-13-25-20/h2-4,6-9,14,18-20H,5,10-13H2,1H3,(H2,22,23,24). The monoisotopic (exact) mass is 338 g/mol. The molecule has 2 aromatic carbocycles. The van der Waals surface area contributed by atoms with Crippen molar-refractivity contribution in [2.75, 3.05) is 6.61 Å². The van der Waals surface area contributed by atoms with E-state index in [-0.39, 0.29) is 18.1 Å². The van der Waals surface area contributed by atoms with Gasteiger partial charge < -0.3 is 15.4 Å². The van der Waals surface area contributed by atoms with Crippen LogP contribution in [0.3, 0.4) is 0 Å². The largest absolute Gasteiger partial charge is 0.378 e. The molecule has 2 aromatic rings. The molecule has 0 aromatic heterocycles. The summed E-state index contributed by atoms with van der Waals surface area (Å²) in [7, 11) is 0. The number of rotatable bonds is 3. The van der Waals surface area contributed by atoms with Gasteiger partial charge in [-0.25, -0.2) is 4.79 Å². The molecule has 1 saturated carbocycles. The Bertz CT molecular complexity index is 755. The van der Waals surface area contributed by atoms with Crippen LogP contribution in [0.25, 0.3) is 10.8 Å². The summed E-state index contributed by atoms with van der Waals surface area (Å²) in [4.78, 5) is 12.6. The third-order valence-corrected chi connectivity index (χ3v) is 5.74. The number of fused-ring (bicyclic) bond motifs is 2. The lowest BCUT2D eigenvalue weighted by molar-refractivity contribution is 0.0549. The lowest BCUT2D eigenvalue weighted by Crippen LogP contribution is -2.49. The molecule has 4 heteroatoms. The van der Waals surface area contributed by atoms with Gasteiger partial charge in [0.1, 0.15) is 0 Å². The maximum absolute atomic E-state index is 12.6. The average molecular weight is 338 g/mol. The molecule has 1 saturated heterocycles. The van der Waals surface area contributed by atoms with Crippen LogP contribution in [0.4, 0.5) is 4.79 Å². The number of hydrogen-bond acceptors (Lipinski definition) is 2. The number of hydrogen-bond donors (Lipinski definition) is 2. The number of benzene rings is 2. The van der Waals surface area contributed by atoms with Crippen LogP contribution in [-0.4, -0.2) is 24.8 Å². The summed E-state index contributed by atoms with van der Waals surface area (Å²) in [5.41, 5.74) is 1.15. The van der Waals surface area contributed by atoms with Crippen molar-refractivity contribution in [3.8, 4) is 0 Å². The zero-order valence-corrected chi connectivity index (χ0v) is 14.7. The fourth-order valence-electron chi connectivity index (χ4n) is 4.47. The summed E-state index contributed by atoms with van der Waals surface area (Å²) in [5, 5.41) is 8.73. The molecule has 25 heavy (non-hydrogen) atoms. The van der Waals surface area contributed by atoms with Gasteiger partial charge in [-0.2, -0.15) is 0 Å². The zero-order valence-electron chi connectivity index (χ0n) is 14.7. The minimum atomic E-state index is -0.0713. The van der Waals surface area contributed by atoms with Gasteiger partial charge in [-0.1, -0.05) is 42.5 Å². The van der Waals surface area contributed by atoms with Crippen molar-refractivity contribution in [1.82, 2.24) is 10.6 Å². The number of urea groups is 1. The van der Waals surface area contributed by atoms with Crippen molar-refractivity contribution in [3.63, 3.8) is 0 Å². The normalized spacial score (nSPS) is 26.8. The van der Waals surface area contributed by atoms with Gasteiger partial charge in [0.25, 0.3) is 0 Å². The molecule has 4 unspecified atom stereocenters. The van der Waals surface area contributed by atoms with Crippen molar-refractivity contribution in [2.45, 2.75) is 50.8 Å². The Balaban J connectivity index is 1.43. The van der Waals surface area contributed by atoms with Crippen LogP contribution in [0.1, 0.15) is 44.2 Å². The Morgan fingerprint density at radius 3 is 2.88 bits per heavy atom. The number of amides is 2. The highest BCUT2D eigenvalue weighted by Gasteiger charge is 2.38. The molecule has 132 valence electrons. The van der Waals surface area contributed by atoms with Crippen molar-refractivity contribution >= 4 is 16.8 Å². The molecule has 4 nitrogen and oxygen atoms in total. The van der Waals surface area contributed by atoms with Gasteiger partial charge in [-0.3, -0.25) is 0 Å². The summed E-state index contributed by atoms with van der Waals surface area (Å²) in [6.07, 6.45) is 4.73. The maximum Gasteiger partial charge on any atom is 0.315 e. The number of carbonyl (C=O) groups is 1. The van der Waals surface area contributed by atoms with Crippen LogP contribution >= 0.6 is 0 Å². The smallest absolute Gasteiger partial charge is 0.315 e. The van der Waals surface area contributed by atoms with E-state index in [2.05, 4.69) is 41.0 Å². The third-order valence-electron chi connectivity index (χ3n) is 5.74. The molecule has 1 aliphatic heterocycles. The highest BCUT2D eigenvalue weighted by Crippen LogP contribution is 2.34. The molecule has 1 heterocycles. The first kappa shape index (κ1) is 16.4. The van der Waals surface area contributed by atoms with Crippen molar-refractivity contribution < 1.29 is 9.53 Å². The van der Waals surface area contributed by atoms with Crippen molar-refractivity contribution in [1.29, 1.82) is 0 Å². The molecule has 0 bridgehead atoms. The third kappa shape index (κ3) is 3.36. The number of carbonyl (C=O) groups excluding carboxylic acids is 1. The van der Waals surface area contributed by atoms with Crippen LogP contribution in [0.2, 0.25) is 0 Å². The van der Waals surface area contributed by atoms with Gasteiger partial charge in [0, 0.05) is 18.6 Å². The minimum Gasteiger partial charge on any atom is -0.378 e. The first-order valence-electron chi connectivity index (χ1n) is 9.38. The van der Waals surface area contributed by atoms with E-state index in [1.807, 2.05) is 19.1 Å². The molecule has 0 radical (unpaired) electrons. The van der Waals surface area contributed by atoms with Gasteiger partial charge in [0.2, 0.25) is 0 Å². The van der Waals surface area contributed by atoms with Crippen molar-refractivity contribution in [2.24, 2.45) is 5.92 Å². The van der Waals surface area contributed by atoms with E-state index >= 15 is 0 Å². The topological polar surface area (TPSA) is 50.4 Å². The van der Waals surface area contributed by atoms with Gasteiger partial charge in [0.15, 0.2) is 0 Å². The second-order valence-electron chi connectivity index (χ2n) is 7.31. The lowest BCUT2D eigenvalue weighted by Gasteiger charge is -2.33.